The van der Waals surface area contributed by atoms with E-state index in [1.54, 1.807) is 0 Å². The van der Waals surface area contributed by atoms with Crippen molar-refractivity contribution in [3.8, 4) is 0 Å². The highest BCUT2D eigenvalue weighted by molar-refractivity contribution is 5.63. The van der Waals surface area contributed by atoms with Gasteiger partial charge in [-0.25, -0.2) is 0 Å². The molecule has 6 heavy (non-hydrogen) atoms. The Morgan fingerprint density at radius 1 is 1.50 bits per heavy atom. The van der Waals surface area contributed by atoms with Crippen LogP contribution in [-0.4, -0.2) is 0 Å². The number of rotatable bonds is 0. The molecule has 4 aliphatic carbocycles. The summed E-state index contributed by atoms with van der Waals surface area (Å²) in [4.78, 5) is 0. The molecule has 0 radical (unpaired) electrons. The van der Waals surface area contributed by atoms with Crippen molar-refractivity contribution in [2.45, 2.75) is 12.8 Å². The molecule has 0 nitrogen and oxygen atoms in total. The summed E-state index contributed by atoms with van der Waals surface area (Å²) in [6.45, 7) is 0. The van der Waals surface area contributed by atoms with E-state index in [0.29, 0.717) is 0 Å². The third kappa shape index (κ3) is 0.0653. The summed E-state index contributed by atoms with van der Waals surface area (Å²) in [6, 6.07) is 0. The van der Waals surface area contributed by atoms with Gasteiger partial charge in [-0.2, -0.15) is 0 Å². The molecule has 2 atom stereocenters. The first-order valence-electron chi connectivity index (χ1n) is 2.71. The summed E-state index contributed by atoms with van der Waals surface area (Å²) in [5, 5.41) is 0. The topological polar surface area (TPSA) is 0 Å². The van der Waals surface area contributed by atoms with E-state index in [9.17, 15) is 0 Å². The van der Waals surface area contributed by atoms with Gasteiger partial charge in [0.2, 0.25) is 0 Å². The van der Waals surface area contributed by atoms with Crippen molar-refractivity contribution in [3.05, 3.63) is 11.1 Å². The average Bonchev–Trinajstić information content (AvgIpc) is 2.30. The number of hydrogen-bond acceptors (Lipinski definition) is 0. The van der Waals surface area contributed by atoms with Gasteiger partial charge in [-0.05, 0) is 18.8 Å². The molecular weight excluding hydrogens is 72.1 g/mol. The lowest BCUT2D eigenvalue weighted by atomic mass is 10.3. The number of hydrogen-bond donors (Lipinski definition) is 0. The zero-order valence-electron chi connectivity index (χ0n) is 3.57. The molecule has 0 saturated heterocycles. The first-order chi connectivity index (χ1) is 2.98. The molecule has 30 valence electrons. The van der Waals surface area contributed by atoms with Crippen LogP contribution in [0.4, 0.5) is 0 Å². The van der Waals surface area contributed by atoms with Crippen molar-refractivity contribution < 1.29 is 0 Å². The second kappa shape index (κ2) is 0.351. The monoisotopic (exact) mass is 78.0 g/mol. The number of allylic oxidation sites excluding steroid dienone is 2. The maximum atomic E-state index is 1.87. The molecular formula is C6H6. The third-order valence-electron chi connectivity index (χ3n) is 2.42. The highest BCUT2D eigenvalue weighted by Gasteiger charge is 2.64. The van der Waals surface area contributed by atoms with E-state index in [-0.39, 0.29) is 0 Å². The van der Waals surface area contributed by atoms with Crippen molar-refractivity contribution in [1.82, 2.24) is 0 Å². The summed E-state index contributed by atoms with van der Waals surface area (Å²) in [5.74, 6) is 2.28. The second-order valence-electron chi connectivity index (χ2n) is 2.60. The van der Waals surface area contributed by atoms with Crippen LogP contribution in [0.3, 0.4) is 0 Å². The van der Waals surface area contributed by atoms with Gasteiger partial charge in [0.1, 0.15) is 0 Å². The van der Waals surface area contributed by atoms with Crippen LogP contribution in [0, 0.1) is 11.8 Å². The smallest absolute Gasteiger partial charge is 0.00819 e. The van der Waals surface area contributed by atoms with Crippen molar-refractivity contribution >= 4 is 0 Å². The summed E-state index contributed by atoms with van der Waals surface area (Å²) in [6.07, 6.45) is 3.00. The van der Waals surface area contributed by atoms with Crippen LogP contribution in [0.1, 0.15) is 12.8 Å². The van der Waals surface area contributed by atoms with Crippen LogP contribution in [0.15, 0.2) is 11.1 Å². The van der Waals surface area contributed by atoms with Crippen LogP contribution in [0.5, 0.6) is 0 Å². The maximum Gasteiger partial charge on any atom is 0.00819 e. The first kappa shape index (κ1) is 2.15. The van der Waals surface area contributed by atoms with Gasteiger partial charge in [-0.15, -0.1) is 0 Å². The lowest BCUT2D eigenvalue weighted by molar-refractivity contribution is 0.820. The lowest BCUT2D eigenvalue weighted by Crippen LogP contribution is -1.64. The minimum absolute atomic E-state index is 1.13. The standard InChI is InChI=1S/C6H6/c1-2-4-5-3(1)6(4)5/h3,5H,1-2H2. The fourth-order valence-corrected chi connectivity index (χ4v) is 1.94. The molecule has 0 aromatic heterocycles. The quantitative estimate of drug-likeness (QED) is 0.383. The summed E-state index contributed by atoms with van der Waals surface area (Å²) in [7, 11) is 0. The van der Waals surface area contributed by atoms with E-state index < -0.39 is 0 Å². The van der Waals surface area contributed by atoms with Gasteiger partial charge in [-0.3, -0.25) is 0 Å². The van der Waals surface area contributed by atoms with E-state index in [4.69, 9.17) is 0 Å². The second-order valence-corrected chi connectivity index (χ2v) is 2.60. The Hall–Kier alpha value is -0.260. The molecule has 0 N–H and O–H groups in total. The molecule has 2 saturated carbocycles. The van der Waals surface area contributed by atoms with Gasteiger partial charge in [0, 0.05) is 5.92 Å². The fraction of sp³-hybridized carbons (Fsp3) is 0.667. The Labute approximate surface area is 36.9 Å². The van der Waals surface area contributed by atoms with Gasteiger partial charge < -0.3 is 0 Å². The van der Waals surface area contributed by atoms with Crippen molar-refractivity contribution in [3.63, 3.8) is 0 Å². The lowest BCUT2D eigenvalue weighted by Gasteiger charge is -1.72. The first-order valence-corrected chi connectivity index (χ1v) is 2.71. The molecule has 0 aliphatic heterocycles. The summed E-state index contributed by atoms with van der Waals surface area (Å²) >= 11 is 0. The largest absolute Gasteiger partial charge is 0.0623 e. The molecule has 0 amide bonds. The molecule has 0 heteroatoms. The Morgan fingerprint density at radius 3 is 2.50 bits per heavy atom. The minimum atomic E-state index is 1.13. The highest BCUT2D eigenvalue weighted by Crippen LogP contribution is 2.76. The summed E-state index contributed by atoms with van der Waals surface area (Å²) < 4.78 is 0. The molecule has 2 fully saturated rings. The van der Waals surface area contributed by atoms with Gasteiger partial charge in [-0.1, -0.05) is 11.1 Å². The van der Waals surface area contributed by atoms with Gasteiger partial charge in [0.25, 0.3) is 0 Å². The molecule has 0 spiro atoms. The van der Waals surface area contributed by atoms with Crippen molar-refractivity contribution in [2.75, 3.05) is 0 Å². The normalized spacial score (nSPS) is 56.0. The molecule has 2 unspecified atom stereocenters. The van der Waals surface area contributed by atoms with E-state index in [1.807, 2.05) is 11.1 Å². The van der Waals surface area contributed by atoms with Gasteiger partial charge in [0.15, 0.2) is 0 Å². The molecule has 0 heterocycles. The van der Waals surface area contributed by atoms with Gasteiger partial charge >= 0.3 is 0 Å². The Morgan fingerprint density at radius 2 is 2.33 bits per heavy atom. The van der Waals surface area contributed by atoms with Crippen LogP contribution in [-0.2, 0) is 0 Å². The van der Waals surface area contributed by atoms with Crippen LogP contribution in [0.2, 0.25) is 0 Å². The SMILES string of the molecule is C1CC2C3=C1C32. The molecule has 4 aliphatic rings. The molecule has 4 rings (SSSR count). The van der Waals surface area contributed by atoms with E-state index in [0.717, 1.165) is 11.8 Å². The van der Waals surface area contributed by atoms with Crippen LogP contribution >= 0.6 is 0 Å². The van der Waals surface area contributed by atoms with E-state index >= 15 is 0 Å². The van der Waals surface area contributed by atoms with Gasteiger partial charge in [0.05, 0.1) is 0 Å². The maximum absolute atomic E-state index is 1.87. The predicted molar refractivity (Wildman–Crippen MR) is 23.2 cm³/mol. The highest BCUT2D eigenvalue weighted by atomic mass is 14.7. The van der Waals surface area contributed by atoms with E-state index in [2.05, 4.69) is 0 Å². The zero-order chi connectivity index (χ0) is 3.72. The Kier molecular flexibility index (Phi) is 0.126. The van der Waals surface area contributed by atoms with Crippen LogP contribution in [0.25, 0.3) is 0 Å². The Balaban J connectivity index is 2.40. The van der Waals surface area contributed by atoms with E-state index in [1.165, 1.54) is 12.8 Å². The Bertz CT molecular complexity index is 147. The number of fused-ring (bicyclic) bond motifs is 1. The molecule has 0 aromatic carbocycles. The van der Waals surface area contributed by atoms with Crippen molar-refractivity contribution in [2.24, 2.45) is 11.8 Å². The van der Waals surface area contributed by atoms with Crippen LogP contribution < -0.4 is 0 Å². The minimum Gasteiger partial charge on any atom is -0.0623 e. The molecule has 0 aromatic rings. The van der Waals surface area contributed by atoms with Crippen molar-refractivity contribution in [1.29, 1.82) is 0 Å². The summed E-state index contributed by atoms with van der Waals surface area (Å²) in [5.41, 5.74) is 3.72. The average molecular weight is 78.1 g/mol. The zero-order valence-corrected chi connectivity index (χ0v) is 3.57. The third-order valence-corrected chi connectivity index (χ3v) is 2.42. The fourth-order valence-electron chi connectivity index (χ4n) is 1.94. The molecule has 2 bridgehead atoms. The predicted octanol–water partition coefficient (Wildman–Crippen LogP) is 1.34.